The van der Waals surface area contributed by atoms with Gasteiger partial charge in [0, 0.05) is 0 Å². The second-order valence-corrected chi connectivity index (χ2v) is 4.16. The van der Waals surface area contributed by atoms with Gasteiger partial charge in [-0.2, -0.15) is 0 Å². The van der Waals surface area contributed by atoms with Gasteiger partial charge in [0.2, 0.25) is 0 Å². The number of ether oxygens (including phenoxy) is 1. The first kappa shape index (κ1) is 11.0. The molecule has 1 saturated heterocycles. The van der Waals surface area contributed by atoms with E-state index in [1.807, 2.05) is 0 Å². The molecule has 0 saturated carbocycles. The highest BCUT2D eigenvalue weighted by Crippen LogP contribution is 2.31. The van der Waals surface area contributed by atoms with Crippen molar-refractivity contribution in [2.75, 3.05) is 6.61 Å². The molecule has 0 aliphatic carbocycles. The van der Waals surface area contributed by atoms with E-state index in [2.05, 4.69) is 20.9 Å². The Kier molecular flexibility index (Phi) is 3.08. The second-order valence-electron chi connectivity index (χ2n) is 3.35. The van der Waals surface area contributed by atoms with Gasteiger partial charge in [-0.3, -0.25) is 4.57 Å². The highest BCUT2D eigenvalue weighted by Gasteiger charge is 2.43. The Hall–Kier alpha value is -0.470. The highest BCUT2D eigenvalue weighted by atomic mass is 79.9. The van der Waals surface area contributed by atoms with Crippen LogP contribution in [0.15, 0.2) is 17.1 Å². The van der Waals surface area contributed by atoms with E-state index in [9.17, 15) is 10.2 Å². The maximum atomic E-state index is 9.70. The van der Waals surface area contributed by atoms with E-state index in [4.69, 9.17) is 9.84 Å². The molecular formula is C8H11BrN2O4. The summed E-state index contributed by atoms with van der Waals surface area (Å²) in [6.45, 7) is -0.332. The fourth-order valence-corrected chi connectivity index (χ4v) is 2.00. The van der Waals surface area contributed by atoms with Gasteiger partial charge in [-0.1, -0.05) is 0 Å². The van der Waals surface area contributed by atoms with Crippen LogP contribution < -0.4 is 0 Å². The van der Waals surface area contributed by atoms with E-state index in [-0.39, 0.29) is 6.61 Å². The van der Waals surface area contributed by atoms with E-state index >= 15 is 0 Å². The standard InChI is InChI=1S/C8H11BrN2O4/c9-5-1-10-3-11(5)8-7(14)6(13)4(2-12)15-8/h1,3-4,6-8,12-14H,2H2/t4-,6-,7-,8+/m1/s1. The molecule has 1 aromatic heterocycles. The van der Waals surface area contributed by atoms with Crippen LogP contribution in [0, 0.1) is 0 Å². The molecule has 4 atom stereocenters. The molecule has 3 N–H and O–H groups in total. The number of hydrogen-bond donors (Lipinski definition) is 3. The Labute approximate surface area is 94.3 Å². The molecule has 15 heavy (non-hydrogen) atoms. The normalized spacial score (nSPS) is 36.0. The zero-order chi connectivity index (χ0) is 11.0. The monoisotopic (exact) mass is 278 g/mol. The summed E-state index contributed by atoms with van der Waals surface area (Å²) < 4.78 is 7.48. The van der Waals surface area contributed by atoms with Crippen LogP contribution in [0.3, 0.4) is 0 Å². The van der Waals surface area contributed by atoms with Gasteiger partial charge in [0.05, 0.1) is 19.1 Å². The maximum Gasteiger partial charge on any atom is 0.164 e. The molecule has 1 aliphatic heterocycles. The Morgan fingerprint density at radius 2 is 2.20 bits per heavy atom. The molecule has 1 fully saturated rings. The summed E-state index contributed by atoms with van der Waals surface area (Å²) >= 11 is 3.23. The van der Waals surface area contributed by atoms with E-state index < -0.39 is 24.5 Å². The van der Waals surface area contributed by atoms with Gasteiger partial charge in [0.1, 0.15) is 22.9 Å². The van der Waals surface area contributed by atoms with Crippen LogP contribution in [0.25, 0.3) is 0 Å². The fourth-order valence-electron chi connectivity index (χ4n) is 1.59. The van der Waals surface area contributed by atoms with Crippen LogP contribution in [0.2, 0.25) is 0 Å². The third-order valence-electron chi connectivity index (χ3n) is 2.41. The number of aliphatic hydroxyl groups is 3. The predicted octanol–water partition coefficient (Wildman–Crippen LogP) is -0.743. The topological polar surface area (TPSA) is 87.7 Å². The van der Waals surface area contributed by atoms with Gasteiger partial charge in [0.15, 0.2) is 6.23 Å². The molecule has 7 heteroatoms. The zero-order valence-electron chi connectivity index (χ0n) is 7.69. The Morgan fingerprint density at radius 1 is 1.47 bits per heavy atom. The van der Waals surface area contributed by atoms with Gasteiger partial charge in [-0.25, -0.2) is 4.98 Å². The lowest BCUT2D eigenvalue weighted by Crippen LogP contribution is -2.33. The van der Waals surface area contributed by atoms with Crippen LogP contribution in [-0.4, -0.2) is 49.8 Å². The zero-order valence-corrected chi connectivity index (χ0v) is 9.28. The van der Waals surface area contributed by atoms with Crippen molar-refractivity contribution in [1.82, 2.24) is 9.55 Å². The minimum atomic E-state index is -1.09. The number of hydrogen-bond acceptors (Lipinski definition) is 5. The van der Waals surface area contributed by atoms with Gasteiger partial charge in [0.25, 0.3) is 0 Å². The summed E-state index contributed by atoms with van der Waals surface area (Å²) in [5, 5.41) is 28.1. The van der Waals surface area contributed by atoms with Gasteiger partial charge >= 0.3 is 0 Å². The smallest absolute Gasteiger partial charge is 0.164 e. The van der Waals surface area contributed by atoms with E-state index in [0.717, 1.165) is 0 Å². The summed E-state index contributed by atoms with van der Waals surface area (Å²) in [7, 11) is 0. The average Bonchev–Trinajstić information content (AvgIpc) is 2.74. The first-order chi connectivity index (χ1) is 7.15. The van der Waals surface area contributed by atoms with Crippen molar-refractivity contribution >= 4 is 15.9 Å². The number of aromatic nitrogens is 2. The van der Waals surface area contributed by atoms with E-state index in [1.54, 1.807) is 10.8 Å². The molecule has 0 spiro atoms. The lowest BCUT2D eigenvalue weighted by atomic mass is 10.1. The Bertz CT molecular complexity index is 345. The number of halogens is 1. The lowest BCUT2D eigenvalue weighted by Gasteiger charge is -2.16. The third-order valence-corrected chi connectivity index (χ3v) is 3.02. The molecule has 0 bridgehead atoms. The van der Waals surface area contributed by atoms with E-state index in [0.29, 0.717) is 4.60 Å². The second kappa shape index (κ2) is 4.18. The van der Waals surface area contributed by atoms with Crippen LogP contribution in [0.4, 0.5) is 0 Å². The summed E-state index contributed by atoms with van der Waals surface area (Å²) in [4.78, 5) is 3.86. The molecular weight excluding hydrogens is 268 g/mol. The Balaban J connectivity index is 2.22. The summed E-state index contributed by atoms with van der Waals surface area (Å²) in [6, 6.07) is 0. The van der Waals surface area contributed by atoms with Gasteiger partial charge in [-0.15, -0.1) is 0 Å². The molecule has 2 rings (SSSR count). The number of imidazole rings is 1. The minimum absolute atomic E-state index is 0.332. The van der Waals surface area contributed by atoms with Crippen molar-refractivity contribution in [1.29, 1.82) is 0 Å². The number of rotatable bonds is 2. The number of nitrogens with zero attached hydrogens (tertiary/aromatic N) is 2. The van der Waals surface area contributed by atoms with Crippen molar-refractivity contribution in [2.24, 2.45) is 0 Å². The summed E-state index contributed by atoms with van der Waals surface area (Å²) in [5.74, 6) is 0. The Morgan fingerprint density at radius 3 is 2.67 bits per heavy atom. The molecule has 0 unspecified atom stereocenters. The van der Waals surface area contributed by atoms with E-state index in [1.165, 1.54) is 6.33 Å². The lowest BCUT2D eigenvalue weighted by molar-refractivity contribution is -0.0537. The van der Waals surface area contributed by atoms with Crippen molar-refractivity contribution in [3.63, 3.8) is 0 Å². The van der Waals surface area contributed by atoms with Crippen molar-refractivity contribution < 1.29 is 20.1 Å². The first-order valence-corrected chi connectivity index (χ1v) is 5.24. The van der Waals surface area contributed by atoms with Crippen LogP contribution in [-0.2, 0) is 4.74 Å². The SMILES string of the molecule is OC[C@H]1O[C@H](n2cncc2Br)[C@H](O)[C@@H]1O. The molecule has 84 valence electrons. The molecule has 6 nitrogen and oxygen atoms in total. The maximum absolute atomic E-state index is 9.70. The average molecular weight is 279 g/mol. The van der Waals surface area contributed by atoms with Crippen LogP contribution in [0.1, 0.15) is 6.23 Å². The predicted molar refractivity (Wildman–Crippen MR) is 52.9 cm³/mol. The van der Waals surface area contributed by atoms with Crippen molar-refractivity contribution in [2.45, 2.75) is 24.5 Å². The van der Waals surface area contributed by atoms with Gasteiger partial charge in [-0.05, 0) is 15.9 Å². The van der Waals surface area contributed by atoms with Crippen molar-refractivity contribution in [3.05, 3.63) is 17.1 Å². The van der Waals surface area contributed by atoms with Crippen molar-refractivity contribution in [3.8, 4) is 0 Å². The highest BCUT2D eigenvalue weighted by molar-refractivity contribution is 9.10. The molecule has 2 heterocycles. The molecule has 1 aromatic rings. The van der Waals surface area contributed by atoms with Gasteiger partial charge < -0.3 is 20.1 Å². The van der Waals surface area contributed by atoms with Crippen LogP contribution in [0.5, 0.6) is 0 Å². The summed E-state index contributed by atoms with van der Waals surface area (Å²) in [5.41, 5.74) is 0. The minimum Gasteiger partial charge on any atom is -0.394 e. The van der Waals surface area contributed by atoms with Crippen LogP contribution >= 0.6 is 15.9 Å². The quantitative estimate of drug-likeness (QED) is 0.663. The number of aliphatic hydroxyl groups excluding tert-OH is 3. The molecule has 0 aromatic carbocycles. The molecule has 0 radical (unpaired) electrons. The first-order valence-electron chi connectivity index (χ1n) is 4.45. The largest absolute Gasteiger partial charge is 0.394 e. The fraction of sp³-hybridized carbons (Fsp3) is 0.625. The molecule has 1 aliphatic rings. The summed E-state index contributed by atoms with van der Waals surface area (Å²) in [6.07, 6.45) is -0.630. The third kappa shape index (κ3) is 1.81. The molecule has 0 amide bonds.